The van der Waals surface area contributed by atoms with E-state index in [4.69, 9.17) is 0 Å². The summed E-state index contributed by atoms with van der Waals surface area (Å²) in [4.78, 5) is 1.35. The van der Waals surface area contributed by atoms with E-state index in [1.807, 2.05) is 23.1 Å². The second-order valence-electron chi connectivity index (χ2n) is 11.8. The summed E-state index contributed by atoms with van der Waals surface area (Å²) in [6.45, 7) is 14.5. The maximum Gasteiger partial charge on any atom is 0.0373 e. The number of thioether (sulfide) groups is 1. The van der Waals surface area contributed by atoms with Crippen LogP contribution >= 0.6 is 23.1 Å². The minimum atomic E-state index is -0.0478. The molecule has 2 heteroatoms. The number of fused-ring (bicyclic) bond motifs is 7. The van der Waals surface area contributed by atoms with Gasteiger partial charge in [0.25, 0.3) is 0 Å². The zero-order valence-corrected chi connectivity index (χ0v) is 23.6. The molecule has 0 radical (unpaired) electrons. The third kappa shape index (κ3) is 2.83. The summed E-state index contributed by atoms with van der Waals surface area (Å²) >= 11 is 3.79. The molecule has 180 valence electrons. The molecule has 0 N–H and O–H groups in total. The van der Waals surface area contributed by atoms with Crippen LogP contribution in [0.2, 0.25) is 0 Å². The molecule has 3 aromatic carbocycles. The van der Waals surface area contributed by atoms with Crippen molar-refractivity contribution >= 4 is 23.1 Å². The van der Waals surface area contributed by atoms with Crippen LogP contribution in [0.1, 0.15) is 78.3 Å². The molecule has 0 saturated carbocycles. The van der Waals surface area contributed by atoms with Crippen LogP contribution < -0.4 is 0 Å². The third-order valence-electron chi connectivity index (χ3n) is 9.13. The summed E-state index contributed by atoms with van der Waals surface area (Å²) < 4.78 is 0. The zero-order chi connectivity index (χ0) is 25.0. The lowest BCUT2D eigenvalue weighted by Crippen LogP contribution is -2.24. The number of hydrogen-bond acceptors (Lipinski definition) is 2. The van der Waals surface area contributed by atoms with E-state index in [0.29, 0.717) is 5.25 Å². The maximum absolute atomic E-state index is 2.53. The van der Waals surface area contributed by atoms with E-state index in [-0.39, 0.29) is 10.8 Å². The minimum absolute atomic E-state index is 0.0319. The number of rotatable bonds is 2. The number of allylic oxidation sites excluding steroid dienone is 1. The first-order valence-electron chi connectivity index (χ1n) is 13.0. The fourth-order valence-corrected chi connectivity index (χ4v) is 8.83. The van der Waals surface area contributed by atoms with Gasteiger partial charge in [-0.2, -0.15) is 0 Å². The minimum Gasteiger partial charge on any atom is -0.144 e. The largest absolute Gasteiger partial charge is 0.144 e. The SMILES string of the molecule is Cc1c(C)c2c(c3c1-c1ccc(-c4cccs4)cc1C3(C)C)C(C)(C)c1cc(C3CC=CS3)ccc1-2. The standard InChI is InChI=1S/C34H32S2/c1-19-20(2)30-24-14-12-22(28-10-8-16-36-28)18-26(24)34(5,6)32(30)31-29(19)23-13-11-21(27-9-7-15-35-27)17-25(23)33(31,3)4/h7-9,11-18,28H,10H2,1-6H3. The van der Waals surface area contributed by atoms with E-state index in [2.05, 4.69) is 107 Å². The van der Waals surface area contributed by atoms with E-state index in [1.54, 1.807) is 11.1 Å². The number of hydrogen-bond donors (Lipinski definition) is 0. The summed E-state index contributed by atoms with van der Waals surface area (Å²) in [6.07, 6.45) is 3.45. The van der Waals surface area contributed by atoms with Gasteiger partial charge in [-0.05, 0) is 110 Å². The predicted molar refractivity (Wildman–Crippen MR) is 158 cm³/mol. The topological polar surface area (TPSA) is 0 Å². The zero-order valence-electron chi connectivity index (χ0n) is 22.0. The summed E-state index contributed by atoms with van der Waals surface area (Å²) in [5, 5.41) is 5.00. The molecule has 0 saturated heterocycles. The van der Waals surface area contributed by atoms with Gasteiger partial charge in [0.15, 0.2) is 0 Å². The molecule has 3 aliphatic rings. The van der Waals surface area contributed by atoms with Crippen LogP contribution in [0.4, 0.5) is 0 Å². The van der Waals surface area contributed by atoms with E-state index >= 15 is 0 Å². The Morgan fingerprint density at radius 2 is 1.42 bits per heavy atom. The predicted octanol–water partition coefficient (Wildman–Crippen LogP) is 10.3. The summed E-state index contributed by atoms with van der Waals surface area (Å²) in [5.41, 5.74) is 17.6. The highest BCUT2D eigenvalue weighted by Gasteiger charge is 2.47. The van der Waals surface area contributed by atoms with Crippen LogP contribution in [0.25, 0.3) is 32.7 Å². The molecular formula is C34H32S2. The Bertz CT molecular complexity index is 1590. The first-order valence-corrected chi connectivity index (χ1v) is 14.9. The third-order valence-corrected chi connectivity index (χ3v) is 11.2. The van der Waals surface area contributed by atoms with Crippen molar-refractivity contribution in [1.82, 2.24) is 0 Å². The van der Waals surface area contributed by atoms with E-state index < -0.39 is 0 Å². The molecule has 1 unspecified atom stereocenters. The Labute approximate surface area is 223 Å². The molecule has 2 heterocycles. The average molecular weight is 505 g/mol. The van der Waals surface area contributed by atoms with Crippen LogP contribution in [-0.2, 0) is 10.8 Å². The second kappa shape index (κ2) is 7.49. The van der Waals surface area contributed by atoms with Gasteiger partial charge in [-0.1, -0.05) is 70.2 Å². The van der Waals surface area contributed by atoms with Gasteiger partial charge in [0.2, 0.25) is 0 Å². The van der Waals surface area contributed by atoms with Crippen LogP contribution in [0, 0.1) is 13.8 Å². The van der Waals surface area contributed by atoms with Gasteiger partial charge in [-0.25, -0.2) is 0 Å². The molecule has 2 aliphatic carbocycles. The maximum atomic E-state index is 2.53. The van der Waals surface area contributed by atoms with Crippen LogP contribution in [0.5, 0.6) is 0 Å². The van der Waals surface area contributed by atoms with Crippen molar-refractivity contribution in [1.29, 1.82) is 0 Å². The first-order chi connectivity index (χ1) is 17.2. The number of benzene rings is 3. The molecule has 7 rings (SSSR count). The molecule has 0 amide bonds. The van der Waals surface area contributed by atoms with Crippen molar-refractivity contribution in [3.05, 3.63) is 104 Å². The molecule has 1 atom stereocenters. The average Bonchev–Trinajstić information content (AvgIpc) is 3.64. The van der Waals surface area contributed by atoms with Crippen molar-refractivity contribution in [2.75, 3.05) is 0 Å². The summed E-state index contributed by atoms with van der Waals surface area (Å²) in [6, 6.07) is 19.0. The van der Waals surface area contributed by atoms with Gasteiger partial charge in [-0.15, -0.1) is 23.1 Å². The second-order valence-corrected chi connectivity index (χ2v) is 13.8. The lowest BCUT2D eigenvalue weighted by atomic mass is 9.71. The fourth-order valence-electron chi connectivity index (χ4n) is 7.17. The van der Waals surface area contributed by atoms with Gasteiger partial charge in [0.1, 0.15) is 0 Å². The molecule has 0 bridgehead atoms. The van der Waals surface area contributed by atoms with E-state index in [0.717, 1.165) is 6.42 Å². The van der Waals surface area contributed by atoms with Gasteiger partial charge < -0.3 is 0 Å². The molecule has 0 nitrogen and oxygen atoms in total. The smallest absolute Gasteiger partial charge is 0.0373 e. The van der Waals surface area contributed by atoms with Crippen molar-refractivity contribution in [2.24, 2.45) is 0 Å². The van der Waals surface area contributed by atoms with Gasteiger partial charge in [0.05, 0.1) is 0 Å². The highest BCUT2D eigenvalue weighted by molar-refractivity contribution is 8.02. The van der Waals surface area contributed by atoms with Gasteiger partial charge in [0, 0.05) is 21.0 Å². The Hall–Kier alpha value is -2.55. The van der Waals surface area contributed by atoms with Crippen LogP contribution in [0.15, 0.2) is 65.4 Å². The highest BCUT2D eigenvalue weighted by Crippen LogP contribution is 2.61. The Morgan fingerprint density at radius 1 is 0.778 bits per heavy atom. The molecule has 0 fully saturated rings. The normalized spacial score (nSPS) is 19.8. The van der Waals surface area contributed by atoms with Crippen molar-refractivity contribution < 1.29 is 0 Å². The monoisotopic (exact) mass is 504 g/mol. The number of thiophene rings is 1. The quantitative estimate of drug-likeness (QED) is 0.262. The Balaban J connectivity index is 1.48. The van der Waals surface area contributed by atoms with Crippen LogP contribution in [0.3, 0.4) is 0 Å². The first kappa shape index (κ1) is 22.6. The summed E-state index contributed by atoms with van der Waals surface area (Å²) in [5.74, 6) is 0. The van der Waals surface area contributed by atoms with Crippen LogP contribution in [-0.4, -0.2) is 0 Å². The Kier molecular flexibility index (Phi) is 4.71. The molecule has 0 spiro atoms. The summed E-state index contributed by atoms with van der Waals surface area (Å²) in [7, 11) is 0. The highest BCUT2D eigenvalue weighted by atomic mass is 32.2. The van der Waals surface area contributed by atoms with Crippen molar-refractivity contribution in [3.8, 4) is 32.7 Å². The lowest BCUT2D eigenvalue weighted by molar-refractivity contribution is 0.600. The lowest BCUT2D eigenvalue weighted by Gasteiger charge is -2.32. The molecular weight excluding hydrogens is 473 g/mol. The Morgan fingerprint density at radius 3 is 2.00 bits per heavy atom. The van der Waals surface area contributed by atoms with Gasteiger partial charge >= 0.3 is 0 Å². The van der Waals surface area contributed by atoms with Crippen molar-refractivity contribution in [2.45, 2.75) is 64.0 Å². The molecule has 1 aliphatic heterocycles. The van der Waals surface area contributed by atoms with Crippen molar-refractivity contribution in [3.63, 3.8) is 0 Å². The van der Waals surface area contributed by atoms with E-state index in [9.17, 15) is 0 Å². The van der Waals surface area contributed by atoms with E-state index in [1.165, 1.54) is 60.5 Å². The molecule has 1 aromatic heterocycles. The fraction of sp³-hybridized carbons (Fsp3) is 0.294. The molecule has 36 heavy (non-hydrogen) atoms. The molecule has 4 aromatic rings. The van der Waals surface area contributed by atoms with Gasteiger partial charge in [-0.3, -0.25) is 0 Å².